The van der Waals surface area contributed by atoms with Crippen LogP contribution in [0.15, 0.2) is 30.7 Å². The zero-order valence-electron chi connectivity index (χ0n) is 12.4. The predicted molar refractivity (Wildman–Crippen MR) is 79.9 cm³/mol. The summed E-state index contributed by atoms with van der Waals surface area (Å²) in [5.74, 6) is 0.308. The highest BCUT2D eigenvalue weighted by Crippen LogP contribution is 2.16. The van der Waals surface area contributed by atoms with Crippen LogP contribution in [0.5, 0.6) is 5.88 Å². The van der Waals surface area contributed by atoms with Crippen LogP contribution in [-0.2, 0) is 11.8 Å². The molecular weight excluding hydrogens is 284 g/mol. The number of nitrogens with one attached hydrogen (secondary N) is 1. The van der Waals surface area contributed by atoms with Crippen LogP contribution in [0.2, 0.25) is 0 Å². The molecule has 0 unspecified atom stereocenters. The highest BCUT2D eigenvalue weighted by molar-refractivity contribution is 6.03. The van der Waals surface area contributed by atoms with Crippen LogP contribution in [-0.4, -0.2) is 40.0 Å². The van der Waals surface area contributed by atoms with E-state index in [9.17, 15) is 4.79 Å². The third-order valence-electron chi connectivity index (χ3n) is 3.42. The van der Waals surface area contributed by atoms with Crippen molar-refractivity contribution >= 4 is 11.6 Å². The minimum Gasteiger partial charge on any atom is -0.474 e. The first kappa shape index (κ1) is 14.5. The van der Waals surface area contributed by atoms with Gasteiger partial charge in [-0.2, -0.15) is 5.10 Å². The first-order chi connectivity index (χ1) is 10.7. The number of ether oxygens (including phenoxy) is 2. The van der Waals surface area contributed by atoms with Crippen LogP contribution >= 0.6 is 0 Å². The van der Waals surface area contributed by atoms with E-state index < -0.39 is 0 Å². The maximum Gasteiger partial charge on any atom is 0.257 e. The van der Waals surface area contributed by atoms with E-state index in [0.29, 0.717) is 17.1 Å². The monoisotopic (exact) mass is 302 g/mol. The van der Waals surface area contributed by atoms with Gasteiger partial charge in [0.05, 0.1) is 30.7 Å². The van der Waals surface area contributed by atoms with Gasteiger partial charge in [0.2, 0.25) is 5.88 Å². The van der Waals surface area contributed by atoms with E-state index in [-0.39, 0.29) is 12.0 Å². The summed E-state index contributed by atoms with van der Waals surface area (Å²) >= 11 is 0. The molecule has 7 heteroatoms. The van der Waals surface area contributed by atoms with E-state index in [1.165, 1.54) is 6.20 Å². The van der Waals surface area contributed by atoms with Crippen LogP contribution in [0.1, 0.15) is 23.2 Å². The average Bonchev–Trinajstić information content (AvgIpc) is 2.94. The molecule has 7 nitrogen and oxygen atoms in total. The lowest BCUT2D eigenvalue weighted by Gasteiger charge is -2.22. The maximum atomic E-state index is 12.1. The lowest BCUT2D eigenvalue weighted by molar-refractivity contribution is 0.0237. The fourth-order valence-corrected chi connectivity index (χ4v) is 2.24. The molecule has 3 rings (SSSR count). The normalized spacial score (nSPS) is 15.5. The van der Waals surface area contributed by atoms with Crippen molar-refractivity contribution in [3.63, 3.8) is 0 Å². The van der Waals surface area contributed by atoms with Gasteiger partial charge in [0.25, 0.3) is 5.91 Å². The molecule has 0 saturated carbocycles. The van der Waals surface area contributed by atoms with Gasteiger partial charge in [-0.1, -0.05) is 0 Å². The minimum absolute atomic E-state index is 0.135. The summed E-state index contributed by atoms with van der Waals surface area (Å²) in [5.41, 5.74) is 1.12. The van der Waals surface area contributed by atoms with Gasteiger partial charge in [-0.15, -0.1) is 0 Å². The van der Waals surface area contributed by atoms with Gasteiger partial charge < -0.3 is 14.8 Å². The molecule has 0 aliphatic carbocycles. The second-order valence-electron chi connectivity index (χ2n) is 5.17. The first-order valence-electron chi connectivity index (χ1n) is 7.21. The van der Waals surface area contributed by atoms with Gasteiger partial charge >= 0.3 is 0 Å². The van der Waals surface area contributed by atoms with Crippen LogP contribution in [0, 0.1) is 0 Å². The number of hydrogen-bond acceptors (Lipinski definition) is 5. The second-order valence-corrected chi connectivity index (χ2v) is 5.17. The predicted octanol–water partition coefficient (Wildman–Crippen LogP) is 1.63. The Balaban J connectivity index is 1.59. The molecule has 0 spiro atoms. The SMILES string of the molecule is Cn1cc(NC(=O)c2ccc(OC3CCOCC3)nc2)cn1. The molecule has 22 heavy (non-hydrogen) atoms. The fourth-order valence-electron chi connectivity index (χ4n) is 2.24. The van der Waals surface area contributed by atoms with Crippen LogP contribution in [0.4, 0.5) is 5.69 Å². The maximum absolute atomic E-state index is 12.1. The summed E-state index contributed by atoms with van der Waals surface area (Å²) in [6, 6.07) is 3.42. The molecule has 0 radical (unpaired) electrons. The van der Waals surface area contributed by atoms with Crippen LogP contribution in [0.25, 0.3) is 0 Å². The second kappa shape index (κ2) is 6.57. The number of amides is 1. The minimum atomic E-state index is -0.224. The van der Waals surface area contributed by atoms with Gasteiger partial charge in [0.1, 0.15) is 6.10 Å². The van der Waals surface area contributed by atoms with E-state index in [0.717, 1.165) is 26.1 Å². The molecule has 1 aliphatic heterocycles. The van der Waals surface area contributed by atoms with Crippen molar-refractivity contribution in [3.8, 4) is 5.88 Å². The molecule has 1 N–H and O–H groups in total. The highest BCUT2D eigenvalue weighted by atomic mass is 16.5. The van der Waals surface area contributed by atoms with Gasteiger partial charge in [0, 0.05) is 38.3 Å². The van der Waals surface area contributed by atoms with E-state index in [2.05, 4.69) is 15.4 Å². The van der Waals surface area contributed by atoms with Gasteiger partial charge in [-0.3, -0.25) is 9.48 Å². The summed E-state index contributed by atoms with van der Waals surface area (Å²) in [4.78, 5) is 16.3. The van der Waals surface area contributed by atoms with E-state index in [4.69, 9.17) is 9.47 Å². The Kier molecular flexibility index (Phi) is 4.34. The Morgan fingerprint density at radius 3 is 2.82 bits per heavy atom. The number of anilines is 1. The molecule has 1 amide bonds. The number of aryl methyl sites for hydroxylation is 1. The number of aromatic nitrogens is 3. The summed E-state index contributed by atoms with van der Waals surface area (Å²) in [5, 5.41) is 6.76. The van der Waals surface area contributed by atoms with Gasteiger partial charge in [-0.05, 0) is 6.07 Å². The van der Waals surface area contributed by atoms with Gasteiger partial charge in [-0.25, -0.2) is 4.98 Å². The smallest absolute Gasteiger partial charge is 0.257 e. The Morgan fingerprint density at radius 1 is 1.36 bits per heavy atom. The van der Waals surface area contributed by atoms with Gasteiger partial charge in [0.15, 0.2) is 0 Å². The number of pyridine rings is 1. The Hall–Kier alpha value is -2.41. The molecule has 0 bridgehead atoms. The summed E-state index contributed by atoms with van der Waals surface area (Å²) in [6.07, 6.45) is 6.70. The van der Waals surface area contributed by atoms with Crippen molar-refractivity contribution in [1.29, 1.82) is 0 Å². The highest BCUT2D eigenvalue weighted by Gasteiger charge is 2.16. The number of rotatable bonds is 4. The third kappa shape index (κ3) is 3.62. The third-order valence-corrected chi connectivity index (χ3v) is 3.42. The molecule has 1 aliphatic rings. The molecule has 0 atom stereocenters. The number of carbonyl (C=O) groups is 1. The quantitative estimate of drug-likeness (QED) is 0.928. The van der Waals surface area contributed by atoms with E-state index in [1.54, 1.807) is 36.3 Å². The molecule has 1 saturated heterocycles. The summed E-state index contributed by atoms with van der Waals surface area (Å²) in [6.45, 7) is 1.44. The first-order valence-corrected chi connectivity index (χ1v) is 7.21. The molecule has 3 heterocycles. The summed E-state index contributed by atoms with van der Waals surface area (Å²) < 4.78 is 12.7. The van der Waals surface area contributed by atoms with E-state index >= 15 is 0 Å². The number of carbonyl (C=O) groups excluding carboxylic acids is 1. The van der Waals surface area contributed by atoms with Crippen molar-refractivity contribution < 1.29 is 14.3 Å². The number of nitrogens with zero attached hydrogens (tertiary/aromatic N) is 3. The molecule has 0 aromatic carbocycles. The molecular formula is C15H18N4O3. The lowest BCUT2D eigenvalue weighted by atomic mass is 10.1. The van der Waals surface area contributed by atoms with Crippen molar-refractivity contribution in [2.24, 2.45) is 7.05 Å². The molecule has 2 aromatic rings. The fraction of sp³-hybridized carbons (Fsp3) is 0.400. The Labute approximate surface area is 128 Å². The Bertz CT molecular complexity index is 632. The molecule has 2 aromatic heterocycles. The standard InChI is InChI=1S/C15H18N4O3/c1-19-10-12(9-17-19)18-15(20)11-2-3-14(16-8-11)22-13-4-6-21-7-5-13/h2-3,8-10,13H,4-7H2,1H3,(H,18,20). The summed E-state index contributed by atoms with van der Waals surface area (Å²) in [7, 11) is 1.79. The zero-order chi connectivity index (χ0) is 15.4. The van der Waals surface area contributed by atoms with E-state index in [1.807, 2.05) is 0 Å². The lowest BCUT2D eigenvalue weighted by Crippen LogP contribution is -2.26. The van der Waals surface area contributed by atoms with Crippen LogP contribution < -0.4 is 10.1 Å². The largest absolute Gasteiger partial charge is 0.474 e. The Morgan fingerprint density at radius 2 is 2.18 bits per heavy atom. The van der Waals surface area contributed by atoms with Crippen molar-refractivity contribution in [1.82, 2.24) is 14.8 Å². The van der Waals surface area contributed by atoms with Crippen LogP contribution in [0.3, 0.4) is 0 Å². The molecule has 116 valence electrons. The number of hydrogen-bond donors (Lipinski definition) is 1. The average molecular weight is 302 g/mol. The zero-order valence-corrected chi connectivity index (χ0v) is 12.4. The van der Waals surface area contributed by atoms with Crippen molar-refractivity contribution in [2.45, 2.75) is 18.9 Å². The van der Waals surface area contributed by atoms with Crippen molar-refractivity contribution in [2.75, 3.05) is 18.5 Å². The molecule has 1 fully saturated rings. The van der Waals surface area contributed by atoms with Crippen molar-refractivity contribution in [3.05, 3.63) is 36.3 Å². The topological polar surface area (TPSA) is 78.3 Å².